The largest absolute Gasteiger partial charge is 0.0654 e. The van der Waals surface area contributed by atoms with Crippen LogP contribution in [-0.2, 0) is 0 Å². The molecule has 1 aliphatic carbocycles. The van der Waals surface area contributed by atoms with Crippen molar-refractivity contribution in [3.8, 4) is 0 Å². The molecule has 1 saturated carbocycles. The minimum Gasteiger partial charge on any atom is -0.0654 e. The van der Waals surface area contributed by atoms with Crippen molar-refractivity contribution in [2.24, 2.45) is 23.2 Å². The van der Waals surface area contributed by atoms with Crippen LogP contribution in [0.4, 0.5) is 0 Å². The minimum absolute atomic E-state index is 0.632. The van der Waals surface area contributed by atoms with E-state index < -0.39 is 0 Å². The Labute approximate surface area is 90.5 Å². The average Bonchev–Trinajstić information content (AvgIpc) is 2.11. The summed E-state index contributed by atoms with van der Waals surface area (Å²) in [5.74, 6) is 2.80. The summed E-state index contributed by atoms with van der Waals surface area (Å²) in [6.45, 7) is 12.2. The van der Waals surface area contributed by atoms with Crippen LogP contribution >= 0.6 is 0 Å². The van der Waals surface area contributed by atoms with Crippen LogP contribution in [0.3, 0.4) is 0 Å². The molecule has 0 N–H and O–H groups in total. The second-order valence-corrected chi connectivity index (χ2v) is 6.07. The number of unbranched alkanes of at least 4 members (excludes halogenated alkanes) is 1. The van der Waals surface area contributed by atoms with Crippen molar-refractivity contribution < 1.29 is 0 Å². The molecule has 0 bridgehead atoms. The number of hydrogen-bond acceptors (Lipinski definition) is 0. The Morgan fingerprint density at radius 2 is 1.86 bits per heavy atom. The van der Waals surface area contributed by atoms with Gasteiger partial charge in [0, 0.05) is 0 Å². The van der Waals surface area contributed by atoms with E-state index in [9.17, 15) is 0 Å². The number of hydrogen-bond donors (Lipinski definition) is 0. The average molecular weight is 196 g/mol. The van der Waals surface area contributed by atoms with Gasteiger partial charge in [0.1, 0.15) is 0 Å². The van der Waals surface area contributed by atoms with Crippen LogP contribution < -0.4 is 0 Å². The molecular formula is C14H28. The highest BCUT2D eigenvalue weighted by atomic mass is 14.4. The van der Waals surface area contributed by atoms with Crippen LogP contribution in [0, 0.1) is 23.2 Å². The van der Waals surface area contributed by atoms with Crippen molar-refractivity contribution in [1.82, 2.24) is 0 Å². The van der Waals surface area contributed by atoms with Crippen LogP contribution in [0.15, 0.2) is 0 Å². The van der Waals surface area contributed by atoms with E-state index in [1.165, 1.54) is 32.1 Å². The van der Waals surface area contributed by atoms with Gasteiger partial charge in [0.05, 0.1) is 0 Å². The van der Waals surface area contributed by atoms with Gasteiger partial charge in [-0.3, -0.25) is 0 Å². The van der Waals surface area contributed by atoms with E-state index >= 15 is 0 Å². The standard InChI is InChI=1S/C14H28/c1-6-7-8-14(5)10-11(2)9-12(3)13(14)4/h11-13H,6-10H2,1-5H3. The molecule has 1 aliphatic rings. The molecular weight excluding hydrogens is 168 g/mol. The topological polar surface area (TPSA) is 0 Å². The molecule has 1 rings (SSSR count). The lowest BCUT2D eigenvalue weighted by Crippen LogP contribution is -2.37. The van der Waals surface area contributed by atoms with Crippen molar-refractivity contribution in [1.29, 1.82) is 0 Å². The molecule has 0 aromatic heterocycles. The molecule has 14 heavy (non-hydrogen) atoms. The Kier molecular flexibility index (Phi) is 4.04. The summed E-state index contributed by atoms with van der Waals surface area (Å²) >= 11 is 0. The quantitative estimate of drug-likeness (QED) is 0.603. The van der Waals surface area contributed by atoms with Gasteiger partial charge in [0.25, 0.3) is 0 Å². The summed E-state index contributed by atoms with van der Waals surface area (Å²) in [7, 11) is 0. The van der Waals surface area contributed by atoms with Crippen LogP contribution in [0.2, 0.25) is 0 Å². The third-order valence-electron chi connectivity index (χ3n) is 4.64. The van der Waals surface area contributed by atoms with Gasteiger partial charge in [-0.15, -0.1) is 0 Å². The Balaban J connectivity index is 2.62. The van der Waals surface area contributed by atoms with E-state index in [2.05, 4.69) is 34.6 Å². The summed E-state index contributed by atoms with van der Waals surface area (Å²) < 4.78 is 0. The van der Waals surface area contributed by atoms with Crippen molar-refractivity contribution in [2.75, 3.05) is 0 Å². The second kappa shape index (κ2) is 4.68. The Bertz CT molecular complexity index is 173. The van der Waals surface area contributed by atoms with E-state index in [4.69, 9.17) is 0 Å². The first-order valence-electron chi connectivity index (χ1n) is 6.49. The summed E-state index contributed by atoms with van der Waals surface area (Å²) in [5.41, 5.74) is 0.632. The maximum absolute atomic E-state index is 2.53. The second-order valence-electron chi connectivity index (χ2n) is 6.07. The number of rotatable bonds is 3. The highest BCUT2D eigenvalue weighted by Gasteiger charge is 2.39. The van der Waals surface area contributed by atoms with Gasteiger partial charge in [0.2, 0.25) is 0 Å². The molecule has 0 saturated heterocycles. The van der Waals surface area contributed by atoms with Crippen molar-refractivity contribution in [2.45, 2.75) is 66.7 Å². The summed E-state index contributed by atoms with van der Waals surface area (Å²) in [5, 5.41) is 0. The van der Waals surface area contributed by atoms with E-state index in [1.54, 1.807) is 0 Å². The predicted octanol–water partition coefficient (Wildman–Crippen LogP) is 4.89. The molecule has 0 aromatic carbocycles. The third kappa shape index (κ3) is 2.52. The van der Waals surface area contributed by atoms with Crippen LogP contribution in [0.1, 0.15) is 66.7 Å². The van der Waals surface area contributed by atoms with Crippen LogP contribution in [0.25, 0.3) is 0 Å². The molecule has 4 unspecified atom stereocenters. The molecule has 0 radical (unpaired) electrons. The lowest BCUT2D eigenvalue weighted by atomic mass is 9.59. The van der Waals surface area contributed by atoms with Crippen LogP contribution in [-0.4, -0.2) is 0 Å². The van der Waals surface area contributed by atoms with E-state index in [1.807, 2.05) is 0 Å². The highest BCUT2D eigenvalue weighted by Crippen LogP contribution is 2.49. The van der Waals surface area contributed by atoms with Crippen molar-refractivity contribution in [3.63, 3.8) is 0 Å². The van der Waals surface area contributed by atoms with E-state index in [0.717, 1.165) is 17.8 Å². The molecule has 1 fully saturated rings. The fraction of sp³-hybridized carbons (Fsp3) is 1.00. The van der Waals surface area contributed by atoms with Crippen molar-refractivity contribution >= 4 is 0 Å². The first-order valence-corrected chi connectivity index (χ1v) is 6.49. The Morgan fingerprint density at radius 1 is 1.21 bits per heavy atom. The monoisotopic (exact) mass is 196 g/mol. The van der Waals surface area contributed by atoms with Crippen LogP contribution in [0.5, 0.6) is 0 Å². The maximum Gasteiger partial charge on any atom is -0.0295 e. The minimum atomic E-state index is 0.632. The lowest BCUT2D eigenvalue weighted by Gasteiger charge is -2.46. The zero-order valence-corrected chi connectivity index (χ0v) is 10.8. The smallest absolute Gasteiger partial charge is 0.0295 e. The molecule has 4 atom stereocenters. The summed E-state index contributed by atoms with van der Waals surface area (Å²) in [6, 6.07) is 0. The van der Waals surface area contributed by atoms with Gasteiger partial charge < -0.3 is 0 Å². The molecule has 0 amide bonds. The maximum atomic E-state index is 2.53. The predicted molar refractivity (Wildman–Crippen MR) is 64.4 cm³/mol. The zero-order valence-electron chi connectivity index (χ0n) is 10.8. The first kappa shape index (κ1) is 12.1. The molecule has 84 valence electrons. The van der Waals surface area contributed by atoms with Gasteiger partial charge in [-0.25, -0.2) is 0 Å². The highest BCUT2D eigenvalue weighted by molar-refractivity contribution is 4.89. The lowest BCUT2D eigenvalue weighted by molar-refractivity contribution is 0.0376. The first-order chi connectivity index (χ1) is 6.49. The fourth-order valence-electron chi connectivity index (χ4n) is 3.50. The zero-order chi connectivity index (χ0) is 10.8. The fourth-order valence-corrected chi connectivity index (χ4v) is 3.50. The third-order valence-corrected chi connectivity index (χ3v) is 4.64. The van der Waals surface area contributed by atoms with Gasteiger partial charge in [-0.1, -0.05) is 47.5 Å². The van der Waals surface area contributed by atoms with Gasteiger partial charge in [0.15, 0.2) is 0 Å². The molecule has 0 heterocycles. The Morgan fingerprint density at radius 3 is 2.43 bits per heavy atom. The van der Waals surface area contributed by atoms with Gasteiger partial charge in [-0.2, -0.15) is 0 Å². The SMILES string of the molecule is CCCCC1(C)CC(C)CC(C)C1C. The van der Waals surface area contributed by atoms with Gasteiger partial charge >= 0.3 is 0 Å². The van der Waals surface area contributed by atoms with E-state index in [-0.39, 0.29) is 0 Å². The molecule has 0 spiro atoms. The molecule has 0 heteroatoms. The van der Waals surface area contributed by atoms with Gasteiger partial charge in [-0.05, 0) is 42.4 Å². The summed E-state index contributed by atoms with van der Waals surface area (Å²) in [6.07, 6.45) is 7.12. The summed E-state index contributed by atoms with van der Waals surface area (Å²) in [4.78, 5) is 0. The van der Waals surface area contributed by atoms with E-state index in [0.29, 0.717) is 5.41 Å². The molecule has 0 nitrogen and oxygen atoms in total. The molecule has 0 aliphatic heterocycles. The Hall–Kier alpha value is 0. The normalized spacial score (nSPS) is 43.9. The van der Waals surface area contributed by atoms with Crippen molar-refractivity contribution in [3.05, 3.63) is 0 Å². The molecule has 0 aromatic rings.